The van der Waals surface area contributed by atoms with E-state index in [0.717, 1.165) is 12.8 Å². The molecule has 1 heterocycles. The summed E-state index contributed by atoms with van der Waals surface area (Å²) in [5, 5.41) is 0. The van der Waals surface area contributed by atoms with Crippen LogP contribution in [0.1, 0.15) is 36.0 Å². The summed E-state index contributed by atoms with van der Waals surface area (Å²) in [7, 11) is 0. The second kappa shape index (κ2) is 6.80. The average molecular weight is 279 g/mol. The van der Waals surface area contributed by atoms with Crippen molar-refractivity contribution in [2.75, 3.05) is 18.0 Å². The molecule has 0 aromatic heterocycles. The van der Waals surface area contributed by atoms with Gasteiger partial charge in [0.05, 0.1) is 0 Å². The molecule has 1 aliphatic rings. The quantitative estimate of drug-likeness (QED) is 0.779. The molecular formula is C20H25N. The molecule has 0 N–H and O–H groups in total. The summed E-state index contributed by atoms with van der Waals surface area (Å²) >= 11 is 0. The number of aryl methyl sites for hydroxylation is 3. The van der Waals surface area contributed by atoms with E-state index in [4.69, 9.17) is 0 Å². The minimum absolute atomic E-state index is 1.13. The van der Waals surface area contributed by atoms with Crippen molar-refractivity contribution in [3.63, 3.8) is 0 Å². The van der Waals surface area contributed by atoms with Crippen molar-refractivity contribution in [3.8, 4) is 0 Å². The third kappa shape index (κ3) is 3.66. The number of nitrogens with zero attached hydrogens (tertiary/aromatic N) is 1. The van der Waals surface area contributed by atoms with Crippen LogP contribution in [0.3, 0.4) is 0 Å². The molecule has 21 heavy (non-hydrogen) atoms. The monoisotopic (exact) mass is 279 g/mol. The Hall–Kier alpha value is -1.76. The number of rotatable bonds is 4. The molecule has 2 aromatic rings. The molecule has 0 unspecified atom stereocenters. The van der Waals surface area contributed by atoms with Crippen LogP contribution >= 0.6 is 0 Å². The molecule has 3 rings (SSSR count). The largest absolute Gasteiger partial charge is 0.372 e. The van der Waals surface area contributed by atoms with Gasteiger partial charge in [-0.25, -0.2) is 0 Å². The molecular weight excluding hydrogens is 254 g/mol. The lowest BCUT2D eigenvalue weighted by Gasteiger charge is -2.29. The van der Waals surface area contributed by atoms with Crippen molar-refractivity contribution in [2.45, 2.75) is 39.0 Å². The van der Waals surface area contributed by atoms with Gasteiger partial charge in [0.15, 0.2) is 0 Å². The number of anilines is 1. The summed E-state index contributed by atoms with van der Waals surface area (Å²) in [6, 6.07) is 17.8. The first-order valence-corrected chi connectivity index (χ1v) is 8.21. The predicted molar refractivity (Wildman–Crippen MR) is 91.1 cm³/mol. The van der Waals surface area contributed by atoms with Crippen LogP contribution in [-0.2, 0) is 12.8 Å². The summed E-state index contributed by atoms with van der Waals surface area (Å²) < 4.78 is 0. The lowest BCUT2D eigenvalue weighted by molar-refractivity contribution is 0.577. The van der Waals surface area contributed by atoms with Gasteiger partial charge in [-0.2, -0.15) is 0 Å². The van der Waals surface area contributed by atoms with E-state index >= 15 is 0 Å². The lowest BCUT2D eigenvalue weighted by Crippen LogP contribution is -2.29. The van der Waals surface area contributed by atoms with Crippen molar-refractivity contribution in [1.82, 2.24) is 0 Å². The molecule has 1 saturated heterocycles. The number of benzene rings is 2. The van der Waals surface area contributed by atoms with Crippen LogP contribution < -0.4 is 4.90 Å². The van der Waals surface area contributed by atoms with E-state index in [2.05, 4.69) is 60.4 Å². The fourth-order valence-corrected chi connectivity index (χ4v) is 3.23. The van der Waals surface area contributed by atoms with Gasteiger partial charge in [0.2, 0.25) is 0 Å². The van der Waals surface area contributed by atoms with E-state index < -0.39 is 0 Å². The van der Waals surface area contributed by atoms with Gasteiger partial charge in [0, 0.05) is 18.8 Å². The summed E-state index contributed by atoms with van der Waals surface area (Å²) in [5.74, 6) is 0. The molecule has 110 valence electrons. The lowest BCUT2D eigenvalue weighted by atomic mass is 9.99. The second-order valence-corrected chi connectivity index (χ2v) is 6.14. The number of hydrogen-bond donors (Lipinski definition) is 0. The van der Waals surface area contributed by atoms with Crippen LogP contribution in [0, 0.1) is 6.92 Å². The molecule has 0 atom stereocenters. The van der Waals surface area contributed by atoms with E-state index in [9.17, 15) is 0 Å². The maximum absolute atomic E-state index is 2.54. The van der Waals surface area contributed by atoms with Crippen LogP contribution in [0.25, 0.3) is 0 Å². The van der Waals surface area contributed by atoms with Gasteiger partial charge >= 0.3 is 0 Å². The van der Waals surface area contributed by atoms with Crippen LogP contribution in [0.2, 0.25) is 0 Å². The van der Waals surface area contributed by atoms with E-state index in [-0.39, 0.29) is 0 Å². The molecule has 1 fully saturated rings. The van der Waals surface area contributed by atoms with Crippen LogP contribution in [0.4, 0.5) is 5.69 Å². The SMILES string of the molecule is Cc1cc(N2CCCCC2)ccc1CCc1ccccc1. The zero-order valence-electron chi connectivity index (χ0n) is 13.0. The van der Waals surface area contributed by atoms with Gasteiger partial charge < -0.3 is 4.90 Å². The Kier molecular flexibility index (Phi) is 4.59. The van der Waals surface area contributed by atoms with E-state index in [1.54, 1.807) is 0 Å². The molecule has 0 bridgehead atoms. The van der Waals surface area contributed by atoms with Crippen molar-refractivity contribution < 1.29 is 0 Å². The molecule has 1 nitrogen and oxygen atoms in total. The number of hydrogen-bond acceptors (Lipinski definition) is 1. The Morgan fingerprint density at radius 1 is 0.857 bits per heavy atom. The Balaban J connectivity index is 1.66. The highest BCUT2D eigenvalue weighted by Gasteiger charge is 2.11. The van der Waals surface area contributed by atoms with Gasteiger partial charge in [-0.05, 0) is 67.9 Å². The van der Waals surface area contributed by atoms with Crippen molar-refractivity contribution in [3.05, 3.63) is 65.2 Å². The van der Waals surface area contributed by atoms with Gasteiger partial charge in [0.1, 0.15) is 0 Å². The highest BCUT2D eigenvalue weighted by atomic mass is 15.1. The van der Waals surface area contributed by atoms with Gasteiger partial charge in [0.25, 0.3) is 0 Å². The van der Waals surface area contributed by atoms with Crippen LogP contribution in [-0.4, -0.2) is 13.1 Å². The van der Waals surface area contributed by atoms with E-state index in [1.165, 1.54) is 54.7 Å². The zero-order chi connectivity index (χ0) is 14.5. The Labute approximate surface area is 128 Å². The topological polar surface area (TPSA) is 3.24 Å². The molecule has 0 aliphatic carbocycles. The summed E-state index contributed by atoms with van der Waals surface area (Å²) in [6.07, 6.45) is 6.34. The predicted octanol–water partition coefficient (Wildman–Crippen LogP) is 4.77. The molecule has 2 aromatic carbocycles. The first-order chi connectivity index (χ1) is 10.3. The molecule has 1 aliphatic heterocycles. The third-order valence-corrected chi connectivity index (χ3v) is 4.57. The molecule has 0 spiro atoms. The minimum atomic E-state index is 1.13. The smallest absolute Gasteiger partial charge is 0.0369 e. The van der Waals surface area contributed by atoms with Crippen LogP contribution in [0.5, 0.6) is 0 Å². The summed E-state index contributed by atoms with van der Waals surface area (Å²) in [6.45, 7) is 4.71. The molecule has 0 amide bonds. The van der Waals surface area contributed by atoms with Crippen molar-refractivity contribution in [1.29, 1.82) is 0 Å². The molecule has 0 radical (unpaired) electrons. The van der Waals surface area contributed by atoms with Gasteiger partial charge in [-0.3, -0.25) is 0 Å². The van der Waals surface area contributed by atoms with Gasteiger partial charge in [-0.15, -0.1) is 0 Å². The van der Waals surface area contributed by atoms with Crippen molar-refractivity contribution >= 4 is 5.69 Å². The fourth-order valence-electron chi connectivity index (χ4n) is 3.23. The Morgan fingerprint density at radius 3 is 2.33 bits per heavy atom. The molecule has 1 heteroatoms. The minimum Gasteiger partial charge on any atom is -0.372 e. The normalized spacial score (nSPS) is 15.2. The number of piperidine rings is 1. The standard InChI is InChI=1S/C20H25N/c1-17-16-20(21-14-6-3-7-15-21)13-12-19(17)11-10-18-8-4-2-5-9-18/h2,4-5,8-9,12-13,16H,3,6-7,10-11,14-15H2,1H3. The highest BCUT2D eigenvalue weighted by molar-refractivity contribution is 5.51. The fraction of sp³-hybridized carbons (Fsp3) is 0.400. The van der Waals surface area contributed by atoms with Crippen LogP contribution in [0.15, 0.2) is 48.5 Å². The first kappa shape index (κ1) is 14.2. The zero-order valence-corrected chi connectivity index (χ0v) is 13.0. The average Bonchev–Trinajstić information content (AvgIpc) is 2.55. The maximum Gasteiger partial charge on any atom is 0.0369 e. The Bertz CT molecular complexity index is 568. The summed E-state index contributed by atoms with van der Waals surface area (Å²) in [5.41, 5.74) is 5.77. The summed E-state index contributed by atoms with van der Waals surface area (Å²) in [4.78, 5) is 2.54. The van der Waals surface area contributed by atoms with E-state index in [1.807, 2.05) is 0 Å². The van der Waals surface area contributed by atoms with Gasteiger partial charge in [-0.1, -0.05) is 36.4 Å². The molecule has 0 saturated carbocycles. The maximum atomic E-state index is 2.54. The first-order valence-electron chi connectivity index (χ1n) is 8.21. The second-order valence-electron chi connectivity index (χ2n) is 6.14. The highest BCUT2D eigenvalue weighted by Crippen LogP contribution is 2.23. The van der Waals surface area contributed by atoms with E-state index in [0.29, 0.717) is 0 Å². The third-order valence-electron chi connectivity index (χ3n) is 4.57. The Morgan fingerprint density at radius 2 is 1.62 bits per heavy atom. The van der Waals surface area contributed by atoms with Crippen molar-refractivity contribution in [2.24, 2.45) is 0 Å².